The van der Waals surface area contributed by atoms with E-state index in [2.05, 4.69) is 0 Å². The summed E-state index contributed by atoms with van der Waals surface area (Å²) in [5, 5.41) is 0. The molecule has 0 unspecified atom stereocenters. The number of amides is 1. The summed E-state index contributed by atoms with van der Waals surface area (Å²) in [5.74, 6) is 0.147. The van der Waals surface area contributed by atoms with E-state index in [1.807, 2.05) is 24.3 Å². The third-order valence-corrected chi connectivity index (χ3v) is 4.57. The molecule has 116 valence electrons. The number of thioether (sulfide) groups is 1. The van der Waals surface area contributed by atoms with Crippen LogP contribution in [0.25, 0.3) is 6.08 Å². The number of anilines is 1. The van der Waals surface area contributed by atoms with Gasteiger partial charge in [-0.1, -0.05) is 36.1 Å². The summed E-state index contributed by atoms with van der Waals surface area (Å²) in [6, 6.07) is 13.1. The van der Waals surface area contributed by atoms with Crippen molar-refractivity contribution in [3.8, 4) is 5.75 Å². The molecule has 2 aromatic carbocycles. The van der Waals surface area contributed by atoms with Gasteiger partial charge in [0.25, 0.3) is 5.91 Å². The summed E-state index contributed by atoms with van der Waals surface area (Å²) in [7, 11) is 1.59. The van der Waals surface area contributed by atoms with Crippen molar-refractivity contribution in [2.75, 3.05) is 12.0 Å². The molecule has 0 bridgehead atoms. The molecule has 3 rings (SSSR count). The molecule has 0 atom stereocenters. The Morgan fingerprint density at radius 1 is 1.22 bits per heavy atom. The fourth-order valence-corrected chi connectivity index (χ4v) is 3.46. The van der Waals surface area contributed by atoms with Crippen LogP contribution in [0.15, 0.2) is 53.4 Å². The van der Waals surface area contributed by atoms with E-state index in [1.165, 1.54) is 40.9 Å². The van der Waals surface area contributed by atoms with Gasteiger partial charge in [0, 0.05) is 0 Å². The first kappa shape index (κ1) is 15.7. The van der Waals surface area contributed by atoms with Gasteiger partial charge in [-0.15, -0.1) is 0 Å². The molecule has 1 heterocycles. The first-order chi connectivity index (χ1) is 11.1. The molecule has 1 saturated heterocycles. The van der Waals surface area contributed by atoms with Gasteiger partial charge in [-0.3, -0.25) is 9.69 Å². The number of nitrogens with zero attached hydrogens (tertiary/aromatic N) is 1. The Morgan fingerprint density at radius 2 is 1.96 bits per heavy atom. The topological polar surface area (TPSA) is 29.5 Å². The molecule has 1 fully saturated rings. The fourth-order valence-electron chi connectivity index (χ4n) is 2.16. The Bertz CT molecular complexity index is 802. The molecule has 0 aromatic heterocycles. The molecule has 0 saturated carbocycles. The number of halogens is 1. The molecular formula is C17H12FNO2S2. The maximum atomic E-state index is 13.0. The van der Waals surface area contributed by atoms with Crippen LogP contribution in [0.2, 0.25) is 0 Å². The molecular weight excluding hydrogens is 333 g/mol. The normalized spacial score (nSPS) is 16.3. The van der Waals surface area contributed by atoms with Crippen LogP contribution in [0.1, 0.15) is 5.56 Å². The van der Waals surface area contributed by atoms with Gasteiger partial charge in [0.15, 0.2) is 4.32 Å². The molecule has 1 amide bonds. The van der Waals surface area contributed by atoms with Crippen LogP contribution in [0.3, 0.4) is 0 Å². The number of hydrogen-bond acceptors (Lipinski definition) is 4. The van der Waals surface area contributed by atoms with Gasteiger partial charge in [-0.05, 0) is 48.0 Å². The second-order valence-electron chi connectivity index (χ2n) is 4.77. The third-order valence-electron chi connectivity index (χ3n) is 3.27. The first-order valence-corrected chi connectivity index (χ1v) is 7.98. The van der Waals surface area contributed by atoms with Crippen molar-refractivity contribution >= 4 is 46.0 Å². The summed E-state index contributed by atoms with van der Waals surface area (Å²) in [5.41, 5.74) is 1.41. The van der Waals surface area contributed by atoms with Crippen molar-refractivity contribution in [2.24, 2.45) is 0 Å². The number of benzene rings is 2. The number of thiocarbonyl (C=S) groups is 1. The van der Waals surface area contributed by atoms with Crippen molar-refractivity contribution in [2.45, 2.75) is 0 Å². The summed E-state index contributed by atoms with van der Waals surface area (Å²) < 4.78 is 18.6. The molecule has 1 aliphatic heterocycles. The Labute approximate surface area is 142 Å². The van der Waals surface area contributed by atoms with E-state index in [0.29, 0.717) is 20.7 Å². The number of methoxy groups -OCH3 is 1. The van der Waals surface area contributed by atoms with Crippen molar-refractivity contribution < 1.29 is 13.9 Å². The summed E-state index contributed by atoms with van der Waals surface area (Å²) in [6.07, 6.45) is 1.77. The van der Waals surface area contributed by atoms with E-state index >= 15 is 0 Å². The lowest BCUT2D eigenvalue weighted by molar-refractivity contribution is -0.113. The predicted octanol–water partition coefficient (Wildman–Crippen LogP) is 4.24. The highest BCUT2D eigenvalue weighted by atomic mass is 32.2. The van der Waals surface area contributed by atoms with Crippen molar-refractivity contribution in [3.05, 3.63) is 64.8 Å². The molecule has 3 nitrogen and oxygen atoms in total. The van der Waals surface area contributed by atoms with Gasteiger partial charge < -0.3 is 4.74 Å². The minimum atomic E-state index is -0.355. The number of rotatable bonds is 3. The number of carbonyl (C=O) groups excluding carboxylic acids is 1. The third kappa shape index (κ3) is 3.28. The first-order valence-electron chi connectivity index (χ1n) is 6.76. The number of carbonyl (C=O) groups is 1. The zero-order valence-corrected chi connectivity index (χ0v) is 13.8. The van der Waals surface area contributed by atoms with E-state index in [4.69, 9.17) is 17.0 Å². The van der Waals surface area contributed by atoms with Crippen LogP contribution in [0.5, 0.6) is 5.75 Å². The van der Waals surface area contributed by atoms with Crippen LogP contribution in [-0.2, 0) is 4.79 Å². The van der Waals surface area contributed by atoms with E-state index in [9.17, 15) is 9.18 Å². The average molecular weight is 345 g/mol. The SMILES string of the molecule is COc1cccc(/C=C2\SC(=S)N(c3ccc(F)cc3)C2=O)c1. The van der Waals surface area contributed by atoms with Crippen molar-refractivity contribution in [1.82, 2.24) is 0 Å². The maximum absolute atomic E-state index is 13.0. The Kier molecular flexibility index (Phi) is 4.45. The molecule has 0 N–H and O–H groups in total. The summed E-state index contributed by atoms with van der Waals surface area (Å²) >= 11 is 6.51. The number of hydrogen-bond donors (Lipinski definition) is 0. The van der Waals surface area contributed by atoms with Crippen LogP contribution in [0.4, 0.5) is 10.1 Å². The molecule has 2 aromatic rings. The van der Waals surface area contributed by atoms with Gasteiger partial charge in [-0.25, -0.2) is 4.39 Å². The fraction of sp³-hybridized carbons (Fsp3) is 0.0588. The van der Waals surface area contributed by atoms with Crippen molar-refractivity contribution in [1.29, 1.82) is 0 Å². The lowest BCUT2D eigenvalue weighted by atomic mass is 10.2. The Hall–Kier alpha value is -2.18. The van der Waals surface area contributed by atoms with Crippen LogP contribution >= 0.6 is 24.0 Å². The lowest BCUT2D eigenvalue weighted by Crippen LogP contribution is -2.27. The molecule has 23 heavy (non-hydrogen) atoms. The van der Waals surface area contributed by atoms with E-state index < -0.39 is 0 Å². The average Bonchev–Trinajstić information content (AvgIpc) is 2.83. The summed E-state index contributed by atoms with van der Waals surface area (Å²) in [6.45, 7) is 0. The monoisotopic (exact) mass is 345 g/mol. The second-order valence-corrected chi connectivity index (χ2v) is 6.45. The highest BCUT2D eigenvalue weighted by Crippen LogP contribution is 2.36. The molecule has 6 heteroatoms. The van der Waals surface area contributed by atoms with Gasteiger partial charge >= 0.3 is 0 Å². The molecule has 0 radical (unpaired) electrons. The van der Waals surface area contributed by atoms with Crippen LogP contribution in [-0.4, -0.2) is 17.3 Å². The molecule has 0 aliphatic carbocycles. The standard InChI is InChI=1S/C17H12FNO2S2/c1-21-14-4-2-3-11(9-14)10-15-16(20)19(17(22)23-15)13-7-5-12(18)6-8-13/h2-10H,1H3/b15-10-. The minimum Gasteiger partial charge on any atom is -0.497 e. The lowest BCUT2D eigenvalue weighted by Gasteiger charge is -2.14. The van der Waals surface area contributed by atoms with Gasteiger partial charge in [0.2, 0.25) is 0 Å². The molecule has 0 spiro atoms. The van der Waals surface area contributed by atoms with E-state index in [-0.39, 0.29) is 11.7 Å². The quantitative estimate of drug-likeness (QED) is 0.615. The van der Waals surface area contributed by atoms with Crippen molar-refractivity contribution in [3.63, 3.8) is 0 Å². The van der Waals surface area contributed by atoms with Crippen LogP contribution in [0, 0.1) is 5.82 Å². The number of ether oxygens (including phenoxy) is 1. The van der Waals surface area contributed by atoms with E-state index in [0.717, 1.165) is 5.56 Å². The Balaban J connectivity index is 1.91. The highest BCUT2D eigenvalue weighted by Gasteiger charge is 2.33. The van der Waals surface area contributed by atoms with Gasteiger partial charge in [0.1, 0.15) is 11.6 Å². The smallest absolute Gasteiger partial charge is 0.270 e. The molecule has 1 aliphatic rings. The summed E-state index contributed by atoms with van der Waals surface area (Å²) in [4.78, 5) is 14.5. The largest absolute Gasteiger partial charge is 0.497 e. The zero-order valence-electron chi connectivity index (χ0n) is 12.2. The maximum Gasteiger partial charge on any atom is 0.270 e. The van der Waals surface area contributed by atoms with Gasteiger partial charge in [0.05, 0.1) is 17.7 Å². The predicted molar refractivity (Wildman–Crippen MR) is 95.0 cm³/mol. The van der Waals surface area contributed by atoms with Gasteiger partial charge in [-0.2, -0.15) is 0 Å². The van der Waals surface area contributed by atoms with E-state index in [1.54, 1.807) is 13.2 Å². The zero-order chi connectivity index (χ0) is 16.4. The highest BCUT2D eigenvalue weighted by molar-refractivity contribution is 8.27. The van der Waals surface area contributed by atoms with Crippen LogP contribution < -0.4 is 9.64 Å². The minimum absolute atomic E-state index is 0.213. The second kappa shape index (κ2) is 6.52. The Morgan fingerprint density at radius 3 is 2.65 bits per heavy atom.